The first-order valence-electron chi connectivity index (χ1n) is 9.65. The monoisotopic (exact) mass is 575 g/mol. The first-order chi connectivity index (χ1) is 15.9. The zero-order valence-electron chi connectivity index (χ0n) is 17.5. The molecule has 8 nitrogen and oxygen atoms in total. The first kappa shape index (κ1) is 24.4. The fraction of sp³-hybridized carbons (Fsp3) is 0.130. The normalized spacial score (nSPS) is 10.8. The second-order valence-electron chi connectivity index (χ2n) is 6.84. The maximum atomic E-state index is 12.1. The SMILES string of the molecule is COc1cc(/C=N/NC(=O)Cc2ccc([N+](=O)[O-])cc2)cc(Br)c1OCc1ccc(Br)cc1. The summed E-state index contributed by atoms with van der Waals surface area (Å²) in [6, 6.07) is 17.1. The summed E-state index contributed by atoms with van der Waals surface area (Å²) in [5.41, 5.74) is 4.76. The van der Waals surface area contributed by atoms with Crippen LogP contribution in [0.15, 0.2) is 74.7 Å². The lowest BCUT2D eigenvalue weighted by Gasteiger charge is -2.13. The number of nitrogens with one attached hydrogen (secondary N) is 1. The number of non-ortho nitro benzene ring substituents is 1. The zero-order chi connectivity index (χ0) is 23.8. The van der Waals surface area contributed by atoms with Gasteiger partial charge in [-0.2, -0.15) is 5.10 Å². The first-order valence-corrected chi connectivity index (χ1v) is 11.2. The van der Waals surface area contributed by atoms with E-state index in [9.17, 15) is 14.9 Å². The van der Waals surface area contributed by atoms with Gasteiger partial charge in [0, 0.05) is 16.6 Å². The van der Waals surface area contributed by atoms with Crippen molar-refractivity contribution in [3.05, 3.63) is 96.4 Å². The van der Waals surface area contributed by atoms with Crippen molar-refractivity contribution in [2.24, 2.45) is 5.10 Å². The number of benzene rings is 3. The molecule has 0 heterocycles. The Morgan fingerprint density at radius 2 is 1.76 bits per heavy atom. The summed E-state index contributed by atoms with van der Waals surface area (Å²) in [5.74, 6) is 0.723. The molecule has 0 atom stereocenters. The third-order valence-corrected chi connectivity index (χ3v) is 5.58. The minimum absolute atomic E-state index is 0.0269. The van der Waals surface area contributed by atoms with Crippen molar-refractivity contribution in [2.45, 2.75) is 13.0 Å². The van der Waals surface area contributed by atoms with Crippen LogP contribution in [0.1, 0.15) is 16.7 Å². The Kier molecular flexibility index (Phi) is 8.56. The van der Waals surface area contributed by atoms with Gasteiger partial charge in [-0.25, -0.2) is 5.43 Å². The lowest BCUT2D eigenvalue weighted by Crippen LogP contribution is -2.19. The number of rotatable bonds is 9. The number of carbonyl (C=O) groups excluding carboxylic acids is 1. The predicted octanol–water partition coefficient (Wildman–Crippen LogP) is 5.40. The van der Waals surface area contributed by atoms with Gasteiger partial charge in [0.05, 0.1) is 29.1 Å². The summed E-state index contributed by atoms with van der Waals surface area (Å²) < 4.78 is 13.0. The number of hydrazone groups is 1. The Morgan fingerprint density at radius 1 is 1.09 bits per heavy atom. The standard InChI is InChI=1S/C23H19Br2N3O5/c1-32-21-11-17(10-20(25)23(21)33-14-16-2-6-18(24)7-3-16)13-26-27-22(29)12-15-4-8-19(9-5-15)28(30)31/h2-11,13H,12,14H2,1H3,(H,27,29)/b26-13+. The van der Waals surface area contributed by atoms with Crippen molar-refractivity contribution >= 4 is 49.7 Å². The number of hydrogen-bond acceptors (Lipinski definition) is 6. The summed E-state index contributed by atoms with van der Waals surface area (Å²) in [4.78, 5) is 22.3. The molecule has 0 saturated carbocycles. The van der Waals surface area contributed by atoms with Crippen LogP contribution in [0, 0.1) is 10.1 Å². The minimum Gasteiger partial charge on any atom is -0.493 e. The molecule has 3 aromatic carbocycles. The highest BCUT2D eigenvalue weighted by Gasteiger charge is 2.12. The molecular formula is C23H19Br2N3O5. The molecule has 0 aliphatic heterocycles. The van der Waals surface area contributed by atoms with Gasteiger partial charge in [-0.3, -0.25) is 14.9 Å². The summed E-state index contributed by atoms with van der Waals surface area (Å²) in [6.07, 6.45) is 1.53. The molecule has 0 saturated heterocycles. The van der Waals surface area contributed by atoms with Crippen LogP contribution in [-0.4, -0.2) is 24.2 Å². The molecule has 0 aromatic heterocycles. The molecule has 0 unspecified atom stereocenters. The Morgan fingerprint density at radius 3 is 2.39 bits per heavy atom. The van der Waals surface area contributed by atoms with Crippen molar-refractivity contribution in [1.82, 2.24) is 5.43 Å². The number of carbonyl (C=O) groups is 1. The van der Waals surface area contributed by atoms with Gasteiger partial charge in [0.1, 0.15) is 6.61 Å². The lowest BCUT2D eigenvalue weighted by molar-refractivity contribution is -0.384. The maximum Gasteiger partial charge on any atom is 0.269 e. The van der Waals surface area contributed by atoms with E-state index >= 15 is 0 Å². The van der Waals surface area contributed by atoms with E-state index in [0.717, 1.165) is 10.0 Å². The third kappa shape index (κ3) is 7.13. The fourth-order valence-corrected chi connectivity index (χ4v) is 3.67. The Balaban J connectivity index is 1.60. The molecule has 3 aromatic rings. The summed E-state index contributed by atoms with van der Waals surface area (Å²) in [7, 11) is 1.54. The number of ether oxygens (including phenoxy) is 2. The van der Waals surface area contributed by atoms with E-state index in [1.165, 1.54) is 30.5 Å². The van der Waals surface area contributed by atoms with Gasteiger partial charge in [0.2, 0.25) is 5.91 Å². The maximum absolute atomic E-state index is 12.1. The molecule has 10 heteroatoms. The van der Waals surface area contributed by atoms with E-state index < -0.39 is 4.92 Å². The molecule has 0 fully saturated rings. The smallest absolute Gasteiger partial charge is 0.269 e. The third-order valence-electron chi connectivity index (χ3n) is 4.46. The highest BCUT2D eigenvalue weighted by atomic mass is 79.9. The van der Waals surface area contributed by atoms with E-state index in [1.54, 1.807) is 19.2 Å². The molecule has 1 amide bonds. The number of methoxy groups -OCH3 is 1. The quantitative estimate of drug-likeness (QED) is 0.209. The Bertz CT molecular complexity index is 1170. The summed E-state index contributed by atoms with van der Waals surface area (Å²) in [6.45, 7) is 0.369. The molecule has 0 bridgehead atoms. The van der Waals surface area contributed by atoms with E-state index in [0.29, 0.717) is 33.7 Å². The Hall–Kier alpha value is -3.24. The van der Waals surface area contributed by atoms with Crippen molar-refractivity contribution in [3.63, 3.8) is 0 Å². The van der Waals surface area contributed by atoms with Crippen LogP contribution in [-0.2, 0) is 17.8 Å². The van der Waals surface area contributed by atoms with Crippen LogP contribution in [0.4, 0.5) is 5.69 Å². The molecule has 3 rings (SSSR count). The van der Waals surface area contributed by atoms with Gasteiger partial charge >= 0.3 is 0 Å². The fourth-order valence-electron chi connectivity index (χ4n) is 2.83. The molecule has 0 radical (unpaired) electrons. The molecule has 33 heavy (non-hydrogen) atoms. The number of nitrogens with zero attached hydrogens (tertiary/aromatic N) is 2. The number of amides is 1. The average molecular weight is 577 g/mol. The molecular weight excluding hydrogens is 558 g/mol. The van der Waals surface area contributed by atoms with Crippen LogP contribution < -0.4 is 14.9 Å². The summed E-state index contributed by atoms with van der Waals surface area (Å²) >= 11 is 6.90. The van der Waals surface area contributed by atoms with E-state index in [4.69, 9.17) is 9.47 Å². The molecule has 0 aliphatic carbocycles. The number of nitro benzene ring substituents is 1. The number of hydrogen-bond donors (Lipinski definition) is 1. The van der Waals surface area contributed by atoms with Crippen molar-refractivity contribution < 1.29 is 19.2 Å². The van der Waals surface area contributed by atoms with E-state index in [-0.39, 0.29) is 18.0 Å². The average Bonchev–Trinajstić information content (AvgIpc) is 2.79. The van der Waals surface area contributed by atoms with E-state index in [1.807, 2.05) is 24.3 Å². The molecule has 170 valence electrons. The van der Waals surface area contributed by atoms with Crippen LogP contribution in [0.5, 0.6) is 11.5 Å². The van der Waals surface area contributed by atoms with Crippen molar-refractivity contribution in [3.8, 4) is 11.5 Å². The van der Waals surface area contributed by atoms with Crippen molar-refractivity contribution in [1.29, 1.82) is 0 Å². The number of nitro groups is 1. The zero-order valence-corrected chi connectivity index (χ0v) is 20.6. The second-order valence-corrected chi connectivity index (χ2v) is 8.61. The van der Waals surface area contributed by atoms with Gasteiger partial charge in [0.25, 0.3) is 5.69 Å². The Labute approximate surface area is 207 Å². The molecule has 1 N–H and O–H groups in total. The van der Waals surface area contributed by atoms with Gasteiger partial charge < -0.3 is 9.47 Å². The van der Waals surface area contributed by atoms with Crippen LogP contribution >= 0.6 is 31.9 Å². The highest BCUT2D eigenvalue weighted by Crippen LogP contribution is 2.37. The number of halogens is 2. The largest absolute Gasteiger partial charge is 0.493 e. The van der Waals surface area contributed by atoms with Gasteiger partial charge in [-0.15, -0.1) is 0 Å². The molecule has 0 spiro atoms. The molecule has 0 aliphatic rings. The second kappa shape index (κ2) is 11.6. The van der Waals surface area contributed by atoms with Crippen LogP contribution in [0.2, 0.25) is 0 Å². The van der Waals surface area contributed by atoms with Gasteiger partial charge in [-0.05, 0) is 56.9 Å². The summed E-state index contributed by atoms with van der Waals surface area (Å²) in [5, 5.41) is 14.7. The topological polar surface area (TPSA) is 103 Å². The van der Waals surface area contributed by atoms with Crippen LogP contribution in [0.3, 0.4) is 0 Å². The lowest BCUT2D eigenvalue weighted by atomic mass is 10.1. The van der Waals surface area contributed by atoms with Crippen LogP contribution in [0.25, 0.3) is 0 Å². The predicted molar refractivity (Wildman–Crippen MR) is 132 cm³/mol. The van der Waals surface area contributed by atoms with Gasteiger partial charge in [-0.1, -0.05) is 40.2 Å². The highest BCUT2D eigenvalue weighted by molar-refractivity contribution is 9.10. The van der Waals surface area contributed by atoms with E-state index in [2.05, 4.69) is 42.4 Å². The van der Waals surface area contributed by atoms with Gasteiger partial charge in [0.15, 0.2) is 11.5 Å². The van der Waals surface area contributed by atoms with Crippen molar-refractivity contribution in [2.75, 3.05) is 7.11 Å². The minimum atomic E-state index is -0.488.